The van der Waals surface area contributed by atoms with Crippen molar-refractivity contribution >= 4 is 29.7 Å². The van der Waals surface area contributed by atoms with E-state index in [0.717, 1.165) is 66.3 Å². The number of phenolic OH excluding ortho intramolecular Hbond substituents is 1. The third-order valence-electron chi connectivity index (χ3n) is 10.2. The van der Waals surface area contributed by atoms with Gasteiger partial charge in [-0.3, -0.25) is 10.2 Å². The zero-order chi connectivity index (χ0) is 43.5. The number of primary amides is 1. The summed E-state index contributed by atoms with van der Waals surface area (Å²) in [6, 6.07) is 19.0. The first-order chi connectivity index (χ1) is 28.9. The lowest BCUT2D eigenvalue weighted by atomic mass is 9.91. The van der Waals surface area contributed by atoms with Crippen LogP contribution in [0.2, 0.25) is 0 Å². The number of phenols is 1. The predicted molar refractivity (Wildman–Crippen MR) is 232 cm³/mol. The molecule has 0 atom stereocenters. The van der Waals surface area contributed by atoms with E-state index >= 15 is 0 Å². The number of aromatic hydroxyl groups is 1. The van der Waals surface area contributed by atoms with Crippen molar-refractivity contribution in [2.24, 2.45) is 5.73 Å². The lowest BCUT2D eigenvalue weighted by Gasteiger charge is -2.34. The molecule has 1 aliphatic heterocycles. The summed E-state index contributed by atoms with van der Waals surface area (Å²) in [5.41, 5.74) is 11.8. The molecule has 1 saturated heterocycles. The highest BCUT2D eigenvalue weighted by Gasteiger charge is 2.25. The third kappa shape index (κ3) is 9.92. The number of piperazine rings is 1. The maximum Gasteiger partial charge on any atom is 0.325 e. The second-order valence-electron chi connectivity index (χ2n) is 14.4. The van der Waals surface area contributed by atoms with E-state index in [-0.39, 0.29) is 23.3 Å². The molecule has 2 heterocycles. The Morgan fingerprint density at radius 1 is 0.900 bits per heavy atom. The smallest absolute Gasteiger partial charge is 0.325 e. The monoisotopic (exact) mass is 822 g/mol. The number of hydrogen-bond donors (Lipinski definition) is 3. The van der Waals surface area contributed by atoms with Gasteiger partial charge < -0.3 is 48.8 Å². The number of amidine groups is 1. The molecule has 4 N–H and O–H groups in total. The SMILES string of the molecule is CCCc1cc(O)c(C(=N)N(C(N)=O)c2ccc(N3CCN(C)CC3)cc2)cc1C(C)C.COc1ccc(-c2cnoc2-c2cc(OC)c(OC)c(OC)c2)cc1OC=O. The number of carbonyl (C=O) groups excluding carboxylic acids is 2. The van der Waals surface area contributed by atoms with E-state index in [1.807, 2.05) is 24.3 Å². The second-order valence-corrected chi connectivity index (χ2v) is 14.4. The molecule has 15 heteroatoms. The number of urea groups is 1. The van der Waals surface area contributed by atoms with Crippen LogP contribution < -0.4 is 39.2 Å². The number of carbonyl (C=O) groups is 2. The van der Waals surface area contributed by atoms with Crippen molar-refractivity contribution in [3.05, 3.63) is 89.6 Å². The molecule has 0 radical (unpaired) electrons. The normalized spacial score (nSPS) is 12.6. The van der Waals surface area contributed by atoms with Crippen molar-refractivity contribution in [3.8, 4) is 56.9 Å². The van der Waals surface area contributed by atoms with Crippen LogP contribution in [0.25, 0.3) is 22.5 Å². The number of hydrogen-bond acceptors (Lipinski definition) is 13. The number of amides is 2. The van der Waals surface area contributed by atoms with Crippen LogP contribution in [0.5, 0.6) is 34.5 Å². The van der Waals surface area contributed by atoms with Gasteiger partial charge >= 0.3 is 6.03 Å². The van der Waals surface area contributed by atoms with E-state index < -0.39 is 6.03 Å². The Morgan fingerprint density at radius 3 is 2.08 bits per heavy atom. The summed E-state index contributed by atoms with van der Waals surface area (Å²) in [5.74, 6) is 2.73. The Balaban J connectivity index is 0.000000230. The van der Waals surface area contributed by atoms with Crippen LogP contribution in [0.4, 0.5) is 16.2 Å². The van der Waals surface area contributed by atoms with Crippen LogP contribution in [-0.2, 0) is 11.2 Å². The van der Waals surface area contributed by atoms with Gasteiger partial charge in [-0.2, -0.15) is 0 Å². The fourth-order valence-corrected chi connectivity index (χ4v) is 7.08. The predicted octanol–water partition coefficient (Wildman–Crippen LogP) is 7.71. The van der Waals surface area contributed by atoms with Gasteiger partial charge in [-0.1, -0.05) is 38.4 Å². The number of nitrogens with zero attached hydrogens (tertiary/aromatic N) is 4. The first-order valence-corrected chi connectivity index (χ1v) is 19.5. The quantitative estimate of drug-likeness (QED) is 0.0564. The lowest BCUT2D eigenvalue weighted by Crippen LogP contribution is -2.44. The zero-order valence-corrected chi connectivity index (χ0v) is 35.4. The van der Waals surface area contributed by atoms with Crippen molar-refractivity contribution in [2.45, 2.75) is 39.5 Å². The van der Waals surface area contributed by atoms with Gasteiger partial charge in [0, 0.05) is 43.0 Å². The molecule has 0 bridgehead atoms. The van der Waals surface area contributed by atoms with Gasteiger partial charge in [-0.15, -0.1) is 0 Å². The average Bonchev–Trinajstić information content (AvgIpc) is 3.74. The molecule has 0 spiro atoms. The summed E-state index contributed by atoms with van der Waals surface area (Å²) >= 11 is 0. The van der Waals surface area contributed by atoms with Crippen LogP contribution >= 0.6 is 0 Å². The number of nitrogens with one attached hydrogen (secondary N) is 1. The maximum absolute atomic E-state index is 12.3. The Morgan fingerprint density at radius 2 is 1.53 bits per heavy atom. The van der Waals surface area contributed by atoms with Gasteiger partial charge in [0.1, 0.15) is 11.6 Å². The molecular weight excluding hydrogens is 769 g/mol. The topological polar surface area (TPSA) is 186 Å². The van der Waals surface area contributed by atoms with Crippen molar-refractivity contribution in [1.82, 2.24) is 10.1 Å². The second kappa shape index (κ2) is 20.3. The van der Waals surface area contributed by atoms with Gasteiger partial charge in [0.15, 0.2) is 28.8 Å². The van der Waals surface area contributed by atoms with Crippen molar-refractivity contribution in [2.75, 3.05) is 71.5 Å². The highest BCUT2D eigenvalue weighted by Crippen LogP contribution is 2.44. The molecule has 0 unspecified atom stereocenters. The Labute approximate surface area is 350 Å². The number of ether oxygens (including phenoxy) is 5. The van der Waals surface area contributed by atoms with E-state index in [0.29, 0.717) is 57.6 Å². The number of methoxy groups -OCH3 is 4. The molecular formula is C45H54N6O9. The Hall–Kier alpha value is -6.74. The Kier molecular flexibility index (Phi) is 15.0. The molecule has 1 fully saturated rings. The van der Waals surface area contributed by atoms with Crippen LogP contribution in [-0.4, -0.2) is 95.2 Å². The fourth-order valence-electron chi connectivity index (χ4n) is 7.08. The molecule has 2 amide bonds. The fraction of sp³-hybridized carbons (Fsp3) is 0.333. The molecule has 5 aromatic rings. The maximum atomic E-state index is 12.3. The minimum Gasteiger partial charge on any atom is -0.507 e. The number of anilines is 2. The molecule has 0 aliphatic carbocycles. The molecule has 15 nitrogen and oxygen atoms in total. The van der Waals surface area contributed by atoms with Gasteiger partial charge in [-0.25, -0.2) is 9.69 Å². The standard InChI is InChI=1S/C25H35N5O2.C20H19NO7/c1-5-6-18-15-23(31)22(16-21(18)17(2)3)24(26)30(25(27)32)20-9-7-19(8-10-20)29-13-11-28(4)12-14-29;1-23-15-6-5-12(7-16(15)27-11-22)14-10-21-28-19(14)13-8-17(24-2)20(26-4)18(9-13)25-3/h7-10,15-17,26,31H,5-6,11-14H2,1-4H3,(H2,27,32);5-11H,1-4H3. The lowest BCUT2D eigenvalue weighted by molar-refractivity contribution is -0.120. The molecule has 6 rings (SSSR count). The summed E-state index contributed by atoms with van der Waals surface area (Å²) in [4.78, 5) is 28.9. The number of aryl methyl sites for hydroxylation is 1. The first kappa shape index (κ1) is 44.4. The molecule has 1 aliphatic rings. The molecule has 318 valence electrons. The summed E-state index contributed by atoms with van der Waals surface area (Å²) in [6.45, 7) is 10.5. The zero-order valence-electron chi connectivity index (χ0n) is 35.4. The van der Waals surface area contributed by atoms with Gasteiger partial charge in [0.2, 0.25) is 5.75 Å². The van der Waals surface area contributed by atoms with Crippen LogP contribution in [0.3, 0.4) is 0 Å². The van der Waals surface area contributed by atoms with Gasteiger partial charge in [0.05, 0.1) is 45.9 Å². The summed E-state index contributed by atoms with van der Waals surface area (Å²) in [5, 5.41) is 23.3. The summed E-state index contributed by atoms with van der Waals surface area (Å²) in [6.07, 6.45) is 3.38. The minimum atomic E-state index is -0.759. The van der Waals surface area contributed by atoms with Crippen LogP contribution in [0, 0.1) is 5.41 Å². The average molecular weight is 823 g/mol. The van der Waals surface area contributed by atoms with Crippen molar-refractivity contribution in [3.63, 3.8) is 0 Å². The first-order valence-electron chi connectivity index (χ1n) is 19.5. The molecule has 4 aromatic carbocycles. The number of likely N-dealkylation sites (N-methyl/N-ethyl adjacent to an activating group) is 1. The number of nitrogens with two attached hydrogens (primary N) is 1. The largest absolute Gasteiger partial charge is 0.507 e. The molecule has 0 saturated carbocycles. The summed E-state index contributed by atoms with van der Waals surface area (Å²) < 4.78 is 31.9. The highest BCUT2D eigenvalue weighted by molar-refractivity contribution is 6.22. The highest BCUT2D eigenvalue weighted by atomic mass is 16.5. The van der Waals surface area contributed by atoms with Crippen molar-refractivity contribution < 1.29 is 42.9 Å². The van der Waals surface area contributed by atoms with Gasteiger partial charge in [-0.05, 0) is 96.7 Å². The van der Waals surface area contributed by atoms with Crippen LogP contribution in [0.15, 0.2) is 77.4 Å². The molecule has 1 aromatic heterocycles. The summed E-state index contributed by atoms with van der Waals surface area (Å²) in [7, 11) is 8.22. The van der Waals surface area contributed by atoms with E-state index in [4.69, 9.17) is 39.4 Å². The molecule has 60 heavy (non-hydrogen) atoms. The van der Waals surface area contributed by atoms with E-state index in [9.17, 15) is 14.7 Å². The van der Waals surface area contributed by atoms with E-state index in [1.54, 1.807) is 48.7 Å². The Bertz CT molecular complexity index is 2240. The number of aromatic nitrogens is 1. The van der Waals surface area contributed by atoms with Crippen LogP contribution in [0.1, 0.15) is 49.8 Å². The number of benzene rings is 4. The third-order valence-corrected chi connectivity index (χ3v) is 10.2. The van der Waals surface area contributed by atoms with E-state index in [1.165, 1.54) is 28.4 Å². The van der Waals surface area contributed by atoms with Gasteiger partial charge in [0.25, 0.3) is 6.47 Å². The minimum absolute atomic E-state index is 0.0110. The van der Waals surface area contributed by atoms with Crippen molar-refractivity contribution in [1.29, 1.82) is 5.41 Å². The number of rotatable bonds is 14. The van der Waals surface area contributed by atoms with E-state index in [2.05, 4.69) is 42.8 Å².